The van der Waals surface area contributed by atoms with E-state index in [1.54, 1.807) is 52.5 Å². The second-order valence-electron chi connectivity index (χ2n) is 16.0. The Morgan fingerprint density at radius 2 is 0.789 bits per heavy atom. The molecule has 16 nitrogen and oxygen atoms in total. The minimum atomic E-state index is -0.456. The zero-order valence-electron chi connectivity index (χ0n) is 42.2. The van der Waals surface area contributed by atoms with Gasteiger partial charge in [0, 0.05) is 113 Å². The quantitative estimate of drug-likeness (QED) is 0.0703. The van der Waals surface area contributed by atoms with Gasteiger partial charge in [-0.3, -0.25) is 9.13 Å². The van der Waals surface area contributed by atoms with Crippen molar-refractivity contribution in [3.8, 4) is 56.4 Å². The first-order valence-corrected chi connectivity index (χ1v) is 28.8. The number of halogens is 8. The van der Waals surface area contributed by atoms with Crippen LogP contribution >= 0.6 is 127 Å². The van der Waals surface area contributed by atoms with Gasteiger partial charge in [-0.15, -0.1) is 0 Å². The summed E-state index contributed by atoms with van der Waals surface area (Å²) in [5, 5.41) is 28.7. The van der Waals surface area contributed by atoms with E-state index in [9.17, 15) is 19.8 Å². The van der Waals surface area contributed by atoms with E-state index in [1.165, 1.54) is 9.13 Å². The molecule has 2 aliphatic rings. The molecule has 0 unspecified atom stereocenters. The molecule has 0 spiro atoms. The molecule has 6 aromatic carbocycles. The Kier molecular flexibility index (Phi) is 27.1. The molecule has 0 saturated carbocycles. The summed E-state index contributed by atoms with van der Waals surface area (Å²) in [5.41, 5.74) is 9.98. The summed E-state index contributed by atoms with van der Waals surface area (Å²) in [6, 6.07) is 22.8. The van der Waals surface area contributed by atoms with Crippen LogP contribution in [-0.4, -0.2) is 95.5 Å². The largest absolute Gasteiger partial charge is 1.00 e. The standard InChI is InChI=1S/C18H18Br2N2O2.C16H10Br2N2O4.C14H14Br2N2O2.C2H4Br2.2Na.2H2O/c1-21-7-9-23-17-13(21)5-3-11(19)15(17)16-12(20)4-6-14-18(16)24-10-8-22(14)2;1-19-9-5-3-7(17)11(13(9)23-15(19)21)12-8(18)4-6-10-14(12)24-16(22)20(10)2;1-17-9-5-3-7(15)11(13(9)19)12-8(16)4-6-10(18-2)14(12)20;3-1-2-4;;;;/h3-6H,7-10H2,1-2H3;3-6H,1-2H3;3-6,17-20H,1-2H3;1-2H2;;;2*1H2/q;;;;2*+1;;/p-2. The number of hydrogen-bond acceptors (Lipinski definition) is 14. The maximum Gasteiger partial charge on any atom is 1.00 e. The van der Waals surface area contributed by atoms with Crippen molar-refractivity contribution in [3.63, 3.8) is 0 Å². The Labute approximate surface area is 549 Å². The summed E-state index contributed by atoms with van der Waals surface area (Å²) >= 11 is 27.7. The number of nitrogens with one attached hydrogen (secondary N) is 2. The number of anilines is 4. The van der Waals surface area contributed by atoms with Gasteiger partial charge >= 0.3 is 70.6 Å². The van der Waals surface area contributed by atoms with Gasteiger partial charge in [0.15, 0.2) is 22.7 Å². The van der Waals surface area contributed by atoms with Crippen LogP contribution in [0.15, 0.2) is 118 Å². The van der Waals surface area contributed by atoms with Gasteiger partial charge in [-0.2, -0.15) is 0 Å². The molecule has 0 aliphatic carbocycles. The third kappa shape index (κ3) is 14.0. The molecule has 0 radical (unpaired) electrons. The number of fused-ring (bicyclic) bond motifs is 4. The molecule has 4 heterocycles. The van der Waals surface area contributed by atoms with Crippen molar-refractivity contribution in [2.24, 2.45) is 14.1 Å². The predicted molar refractivity (Wildman–Crippen MR) is 323 cm³/mol. The number of nitrogens with zero attached hydrogens (tertiary/aromatic N) is 4. The number of benzene rings is 6. The summed E-state index contributed by atoms with van der Waals surface area (Å²) in [6.45, 7) is 3.14. The summed E-state index contributed by atoms with van der Waals surface area (Å²) in [6.07, 6.45) is 0. The molecule has 396 valence electrons. The average Bonchev–Trinajstić information content (AvgIpc) is 3.82. The Bertz CT molecular complexity index is 3240. The summed E-state index contributed by atoms with van der Waals surface area (Å²) < 4.78 is 30.7. The Hall–Kier alpha value is -1.98. The molecule has 76 heavy (non-hydrogen) atoms. The van der Waals surface area contributed by atoms with Gasteiger partial charge in [-0.05, 0) is 72.8 Å². The second kappa shape index (κ2) is 30.2. The van der Waals surface area contributed by atoms with Gasteiger partial charge in [0.25, 0.3) is 0 Å². The van der Waals surface area contributed by atoms with Crippen molar-refractivity contribution >= 4 is 172 Å². The van der Waals surface area contributed by atoms with E-state index in [0.717, 1.165) is 75.6 Å². The molecular weight excluding hydrogens is 1530 g/mol. The number of phenols is 2. The van der Waals surface area contributed by atoms with Crippen LogP contribution in [0.2, 0.25) is 0 Å². The monoisotopic (exact) mass is 1570 g/mol. The Morgan fingerprint density at radius 1 is 0.487 bits per heavy atom. The smallest absolute Gasteiger partial charge is 0.870 e. The van der Waals surface area contributed by atoms with Crippen molar-refractivity contribution in [3.05, 3.63) is 121 Å². The number of ether oxygens (including phenoxy) is 2. The van der Waals surface area contributed by atoms with Gasteiger partial charge in [-0.25, -0.2) is 9.59 Å². The summed E-state index contributed by atoms with van der Waals surface area (Å²) in [7, 11) is 10.9. The molecule has 0 atom stereocenters. The Morgan fingerprint density at radius 3 is 1.12 bits per heavy atom. The molecule has 0 amide bonds. The molecule has 10 rings (SSSR count). The Balaban J connectivity index is 0.000000284. The zero-order chi connectivity index (χ0) is 52.3. The van der Waals surface area contributed by atoms with Gasteiger partial charge in [-0.1, -0.05) is 127 Å². The van der Waals surface area contributed by atoms with Crippen LogP contribution in [0.5, 0.6) is 23.0 Å². The van der Waals surface area contributed by atoms with Crippen LogP contribution in [0, 0.1) is 0 Å². The van der Waals surface area contributed by atoms with E-state index in [1.807, 2.05) is 24.3 Å². The third-order valence-electron chi connectivity index (χ3n) is 11.8. The molecule has 2 aromatic heterocycles. The number of aryl methyl sites for hydroxylation is 2. The normalized spacial score (nSPS) is 11.9. The van der Waals surface area contributed by atoms with Crippen molar-refractivity contribution < 1.29 is 98.6 Å². The minimum absolute atomic E-state index is 0. The van der Waals surface area contributed by atoms with Crippen molar-refractivity contribution in [2.45, 2.75) is 0 Å². The second-order valence-corrected chi connectivity index (χ2v) is 22.7. The fraction of sp³-hybridized carbons (Fsp3) is 0.240. The van der Waals surface area contributed by atoms with Gasteiger partial charge in [0.2, 0.25) is 0 Å². The van der Waals surface area contributed by atoms with Gasteiger partial charge < -0.3 is 59.9 Å². The fourth-order valence-electron chi connectivity index (χ4n) is 8.08. The molecule has 8 aromatic rings. The minimum Gasteiger partial charge on any atom is -0.870 e. The maximum absolute atomic E-state index is 11.9. The number of hydrogen-bond donors (Lipinski definition) is 4. The molecule has 0 fully saturated rings. The topological polar surface area (TPSA) is 220 Å². The molecule has 6 N–H and O–H groups in total. The van der Waals surface area contributed by atoms with E-state index < -0.39 is 11.5 Å². The average molecular weight is 1580 g/mol. The number of aromatic hydroxyl groups is 2. The fourth-order valence-corrected chi connectivity index (χ4v) is 11.2. The van der Waals surface area contributed by atoms with E-state index in [2.05, 4.69) is 186 Å². The van der Waals surface area contributed by atoms with Crippen LogP contribution in [-0.2, 0) is 14.1 Å². The van der Waals surface area contributed by atoms with Crippen LogP contribution in [0.4, 0.5) is 22.7 Å². The molecule has 26 heteroatoms. The summed E-state index contributed by atoms with van der Waals surface area (Å²) in [4.78, 5) is 28.3. The van der Waals surface area contributed by atoms with Crippen molar-refractivity contribution in [1.29, 1.82) is 0 Å². The van der Waals surface area contributed by atoms with E-state index in [4.69, 9.17) is 18.3 Å². The number of alkyl halides is 2. The zero-order valence-corrected chi connectivity index (χ0v) is 58.9. The first-order valence-electron chi connectivity index (χ1n) is 21.8. The van der Waals surface area contributed by atoms with Crippen LogP contribution in [0.25, 0.3) is 55.6 Å². The maximum atomic E-state index is 11.9. The first kappa shape index (κ1) is 68.3. The van der Waals surface area contributed by atoms with Crippen LogP contribution < -0.4 is 101 Å². The van der Waals surface area contributed by atoms with Crippen LogP contribution in [0.1, 0.15) is 0 Å². The third-order valence-corrected chi connectivity index (χ3v) is 17.6. The van der Waals surface area contributed by atoms with Gasteiger partial charge in [0.05, 0.1) is 46.9 Å². The van der Waals surface area contributed by atoms with Crippen LogP contribution in [0.3, 0.4) is 0 Å². The van der Waals surface area contributed by atoms with Crippen molar-refractivity contribution in [2.75, 3.05) is 85.6 Å². The molecular formula is C50H48Br8N6Na2O10. The summed E-state index contributed by atoms with van der Waals surface area (Å²) in [5.74, 6) is 1.05. The molecule has 0 saturated heterocycles. The van der Waals surface area contributed by atoms with E-state index in [0.29, 0.717) is 78.0 Å². The SMILES string of the molecule is BrCCBr.CN1CCOc2c1ccc(Br)c2-c1c(Br)ccc2c1OCCN2C.CNc1ccc(Br)c(-c2c(Br)ccc(NC)c2O)c1O.Cn1c(=O)oc2c(-c3c(Br)ccc4c3oc(=O)n4C)c(Br)ccc21.[Na+].[Na+].[OH-].[OH-]. The first-order chi connectivity index (χ1) is 34.4. The van der Waals surface area contributed by atoms with E-state index in [-0.39, 0.29) is 81.6 Å². The number of likely N-dealkylation sites (N-methyl/N-ethyl adjacent to an activating group) is 2. The predicted octanol–water partition coefficient (Wildman–Crippen LogP) is 8.11. The number of rotatable bonds is 6. The number of phenolic OH excluding ortho intramolecular Hbond substituents is 2. The number of oxazole rings is 2. The molecule has 2 aliphatic heterocycles. The molecule has 0 bridgehead atoms. The number of aromatic nitrogens is 2. The van der Waals surface area contributed by atoms with Crippen molar-refractivity contribution in [1.82, 2.24) is 9.13 Å². The van der Waals surface area contributed by atoms with E-state index >= 15 is 0 Å². The van der Waals surface area contributed by atoms with Gasteiger partial charge in [0.1, 0.15) is 24.7 Å².